The average molecular weight is 517 g/mol. The highest BCUT2D eigenvalue weighted by Crippen LogP contribution is 2.31. The highest BCUT2D eigenvalue weighted by atomic mass is 32.1. The number of carbonyl (C=O) groups is 1. The average Bonchev–Trinajstić information content (AvgIpc) is 3.55. The molecular formula is C27H28N6O3S. The fourth-order valence-electron chi connectivity index (χ4n) is 4.07. The molecule has 0 unspecified atom stereocenters. The summed E-state index contributed by atoms with van der Waals surface area (Å²) in [5, 5.41) is 11.0. The second kappa shape index (κ2) is 11.0. The zero-order chi connectivity index (χ0) is 25.8. The second-order valence-corrected chi connectivity index (χ2v) is 9.94. The van der Waals surface area contributed by atoms with E-state index in [1.807, 2.05) is 68.8 Å². The van der Waals surface area contributed by atoms with Crippen LogP contribution in [0.4, 0.5) is 0 Å². The van der Waals surface area contributed by atoms with Gasteiger partial charge in [0.15, 0.2) is 5.01 Å². The Morgan fingerprint density at radius 2 is 2.00 bits per heavy atom. The Kier molecular flexibility index (Phi) is 7.40. The van der Waals surface area contributed by atoms with Gasteiger partial charge in [0.05, 0.1) is 22.5 Å². The van der Waals surface area contributed by atoms with Crippen molar-refractivity contribution in [2.24, 2.45) is 0 Å². The van der Waals surface area contributed by atoms with Crippen LogP contribution in [0.2, 0.25) is 0 Å². The van der Waals surface area contributed by atoms with Gasteiger partial charge in [-0.3, -0.25) is 4.79 Å². The van der Waals surface area contributed by atoms with Crippen molar-refractivity contribution in [3.05, 3.63) is 71.6 Å². The molecule has 3 heterocycles. The SMILES string of the molecule is CN(C)CCOc1cccc(CN(CCO)C(=O)c2nc3ccc(-c4ncnc5[nH]ccc45)cc3s2)c1. The molecule has 10 heteroatoms. The van der Waals surface area contributed by atoms with Crippen molar-refractivity contribution in [1.29, 1.82) is 0 Å². The van der Waals surface area contributed by atoms with Gasteiger partial charge in [0.2, 0.25) is 0 Å². The first-order chi connectivity index (χ1) is 18.0. The number of hydrogen-bond donors (Lipinski definition) is 2. The smallest absolute Gasteiger partial charge is 0.283 e. The Labute approximate surface area is 218 Å². The number of H-pyrrole nitrogens is 1. The lowest BCUT2D eigenvalue weighted by Crippen LogP contribution is -2.33. The molecule has 3 aromatic heterocycles. The number of aromatic amines is 1. The Morgan fingerprint density at radius 3 is 2.84 bits per heavy atom. The van der Waals surface area contributed by atoms with E-state index in [2.05, 4.69) is 24.8 Å². The molecule has 190 valence electrons. The number of rotatable bonds is 10. The Bertz CT molecular complexity index is 1530. The highest BCUT2D eigenvalue weighted by Gasteiger charge is 2.21. The number of nitrogens with one attached hydrogen (secondary N) is 1. The first-order valence-corrected chi connectivity index (χ1v) is 12.8. The molecule has 0 aliphatic rings. The van der Waals surface area contributed by atoms with Gasteiger partial charge >= 0.3 is 0 Å². The van der Waals surface area contributed by atoms with E-state index in [4.69, 9.17) is 4.74 Å². The third-order valence-corrected chi connectivity index (χ3v) is 6.94. The molecule has 5 aromatic rings. The summed E-state index contributed by atoms with van der Waals surface area (Å²) in [5.74, 6) is 0.537. The molecule has 0 radical (unpaired) electrons. The first-order valence-electron chi connectivity index (χ1n) is 12.0. The largest absolute Gasteiger partial charge is 0.492 e. The van der Waals surface area contributed by atoms with Crippen LogP contribution in [0.5, 0.6) is 5.75 Å². The molecule has 0 bridgehead atoms. The van der Waals surface area contributed by atoms with Crippen LogP contribution in [-0.2, 0) is 6.54 Å². The van der Waals surface area contributed by atoms with E-state index >= 15 is 0 Å². The zero-order valence-corrected chi connectivity index (χ0v) is 21.5. The number of ether oxygens (including phenoxy) is 1. The van der Waals surface area contributed by atoms with E-state index < -0.39 is 0 Å². The second-order valence-electron chi connectivity index (χ2n) is 8.91. The minimum Gasteiger partial charge on any atom is -0.492 e. The van der Waals surface area contributed by atoms with Crippen molar-refractivity contribution < 1.29 is 14.6 Å². The van der Waals surface area contributed by atoms with Crippen LogP contribution >= 0.6 is 11.3 Å². The molecule has 0 saturated heterocycles. The van der Waals surface area contributed by atoms with Crippen LogP contribution in [0.1, 0.15) is 15.4 Å². The van der Waals surface area contributed by atoms with E-state index in [0.717, 1.165) is 50.4 Å². The highest BCUT2D eigenvalue weighted by molar-refractivity contribution is 7.20. The van der Waals surface area contributed by atoms with Crippen LogP contribution < -0.4 is 4.74 Å². The molecule has 9 nitrogen and oxygen atoms in total. The standard InChI is InChI=1S/C27H28N6O3S/c1-32(2)11-13-36-20-5-3-4-18(14-20)16-33(10-12-34)27(35)26-31-22-7-6-19(15-23(22)37-26)24-21-8-9-28-25(21)30-17-29-24/h3-9,14-15,17,34H,10-13,16H2,1-2H3,(H,28,29,30). The van der Waals surface area contributed by atoms with Crippen LogP contribution in [0.25, 0.3) is 32.5 Å². The summed E-state index contributed by atoms with van der Waals surface area (Å²) >= 11 is 1.34. The lowest BCUT2D eigenvalue weighted by Gasteiger charge is -2.21. The van der Waals surface area contributed by atoms with E-state index in [0.29, 0.717) is 18.2 Å². The number of aliphatic hydroxyl groups excluding tert-OH is 1. The van der Waals surface area contributed by atoms with Gasteiger partial charge in [0.1, 0.15) is 24.3 Å². The molecule has 37 heavy (non-hydrogen) atoms. The molecule has 0 aliphatic heterocycles. The summed E-state index contributed by atoms with van der Waals surface area (Å²) in [6.45, 7) is 1.80. The number of aromatic nitrogens is 4. The predicted octanol–water partition coefficient (Wildman–Crippen LogP) is 3.81. The lowest BCUT2D eigenvalue weighted by molar-refractivity contribution is 0.0707. The molecule has 0 aliphatic carbocycles. The first kappa shape index (κ1) is 24.8. The van der Waals surface area contributed by atoms with E-state index in [-0.39, 0.29) is 19.1 Å². The monoisotopic (exact) mass is 516 g/mol. The Balaban J connectivity index is 1.36. The normalized spacial score (nSPS) is 11.5. The van der Waals surface area contributed by atoms with E-state index in [1.54, 1.807) is 4.90 Å². The molecule has 2 aromatic carbocycles. The quantitative estimate of drug-likeness (QED) is 0.291. The summed E-state index contributed by atoms with van der Waals surface area (Å²) in [6, 6.07) is 15.5. The molecule has 0 saturated carbocycles. The zero-order valence-electron chi connectivity index (χ0n) is 20.7. The molecule has 5 rings (SSSR count). The fraction of sp³-hybridized carbons (Fsp3) is 0.259. The van der Waals surface area contributed by atoms with Crippen molar-refractivity contribution in [1.82, 2.24) is 29.7 Å². The maximum absolute atomic E-state index is 13.4. The molecular weight excluding hydrogens is 488 g/mol. The van der Waals surface area contributed by atoms with Crippen LogP contribution in [-0.4, -0.2) is 81.1 Å². The third-order valence-electron chi connectivity index (χ3n) is 5.94. The number of likely N-dealkylation sites (N-methyl/N-ethyl adjacent to an activating group) is 1. The summed E-state index contributed by atoms with van der Waals surface area (Å²) in [5.41, 5.74) is 4.20. The maximum atomic E-state index is 13.4. The summed E-state index contributed by atoms with van der Waals surface area (Å²) < 4.78 is 6.73. The fourth-order valence-corrected chi connectivity index (χ4v) is 5.05. The number of thiazole rings is 1. The molecule has 2 N–H and O–H groups in total. The number of aliphatic hydroxyl groups is 1. The van der Waals surface area contributed by atoms with Crippen molar-refractivity contribution in [2.45, 2.75) is 6.54 Å². The Hall–Kier alpha value is -3.86. The van der Waals surface area contributed by atoms with E-state index in [1.165, 1.54) is 17.7 Å². The van der Waals surface area contributed by atoms with Gasteiger partial charge in [0, 0.05) is 36.8 Å². The summed E-state index contributed by atoms with van der Waals surface area (Å²) in [4.78, 5) is 33.5. The lowest BCUT2D eigenvalue weighted by atomic mass is 10.1. The number of fused-ring (bicyclic) bond motifs is 2. The number of amides is 1. The number of benzene rings is 2. The topological polar surface area (TPSA) is 107 Å². The van der Waals surface area contributed by atoms with Gasteiger partial charge < -0.3 is 24.6 Å². The number of hydrogen-bond acceptors (Lipinski definition) is 8. The Morgan fingerprint density at radius 1 is 1.11 bits per heavy atom. The molecule has 0 fully saturated rings. The maximum Gasteiger partial charge on any atom is 0.283 e. The van der Waals surface area contributed by atoms with Gasteiger partial charge in [-0.25, -0.2) is 15.0 Å². The minimum absolute atomic E-state index is 0.139. The van der Waals surface area contributed by atoms with Gasteiger partial charge in [-0.15, -0.1) is 11.3 Å². The van der Waals surface area contributed by atoms with Crippen molar-refractivity contribution in [3.8, 4) is 17.0 Å². The van der Waals surface area contributed by atoms with Gasteiger partial charge in [-0.2, -0.15) is 0 Å². The van der Waals surface area contributed by atoms with Crippen molar-refractivity contribution >= 4 is 38.5 Å². The van der Waals surface area contributed by atoms with Crippen LogP contribution in [0.15, 0.2) is 61.1 Å². The third kappa shape index (κ3) is 5.61. The van der Waals surface area contributed by atoms with Crippen LogP contribution in [0.3, 0.4) is 0 Å². The van der Waals surface area contributed by atoms with Crippen molar-refractivity contribution in [2.75, 3.05) is 40.4 Å². The van der Waals surface area contributed by atoms with Gasteiger partial charge in [0.25, 0.3) is 5.91 Å². The van der Waals surface area contributed by atoms with Gasteiger partial charge in [-0.1, -0.05) is 18.2 Å². The van der Waals surface area contributed by atoms with Crippen molar-refractivity contribution in [3.63, 3.8) is 0 Å². The van der Waals surface area contributed by atoms with Crippen LogP contribution in [0, 0.1) is 0 Å². The summed E-state index contributed by atoms with van der Waals surface area (Å²) in [7, 11) is 4.00. The van der Waals surface area contributed by atoms with E-state index in [9.17, 15) is 9.90 Å². The minimum atomic E-state index is -0.217. The molecule has 0 spiro atoms. The molecule has 1 amide bonds. The number of nitrogens with zero attached hydrogens (tertiary/aromatic N) is 5. The molecule has 0 atom stereocenters. The summed E-state index contributed by atoms with van der Waals surface area (Å²) in [6.07, 6.45) is 3.38. The van der Waals surface area contributed by atoms with Gasteiger partial charge in [-0.05, 0) is 50.0 Å². The predicted molar refractivity (Wildman–Crippen MR) is 145 cm³/mol. The number of carbonyl (C=O) groups excluding carboxylic acids is 1.